The number of sulfone groups is 1. The van der Waals surface area contributed by atoms with Crippen LogP contribution in [-0.4, -0.2) is 38.8 Å². The Balaban J connectivity index is 0.000000254. The summed E-state index contributed by atoms with van der Waals surface area (Å²) < 4.78 is 23.5. The molecule has 26 heavy (non-hydrogen) atoms. The number of rotatable bonds is 3. The van der Waals surface area contributed by atoms with Gasteiger partial charge < -0.3 is 10.0 Å². The molecular weight excluding hydrogens is 352 g/mol. The van der Waals surface area contributed by atoms with Crippen molar-refractivity contribution in [1.29, 1.82) is 5.26 Å². The van der Waals surface area contributed by atoms with Crippen molar-refractivity contribution in [2.75, 3.05) is 24.2 Å². The first-order valence-corrected chi connectivity index (χ1v) is 10.00. The lowest BCUT2D eigenvalue weighted by molar-refractivity contribution is 0.0697. The van der Waals surface area contributed by atoms with Gasteiger partial charge in [-0.25, -0.2) is 13.2 Å². The minimum absolute atomic E-state index is 0.0554. The normalized spacial score (nSPS) is 13.5. The third-order valence-corrected chi connectivity index (χ3v) is 5.08. The van der Waals surface area contributed by atoms with Gasteiger partial charge >= 0.3 is 5.97 Å². The van der Waals surface area contributed by atoms with Crippen LogP contribution in [-0.2, 0) is 9.84 Å². The van der Waals surface area contributed by atoms with Gasteiger partial charge in [-0.1, -0.05) is 24.3 Å². The standard InChI is InChI=1S/C12H15NO4S.C7H5N/c1-18(16,17)10-6-4-5-9(12(14)15)11(10)13-7-2-3-8-13;8-6-7-4-2-1-3-5-7/h4-6H,2-3,7-8H2,1H3,(H,14,15);1-5H. The Bertz CT molecular complexity index is 912. The van der Waals surface area contributed by atoms with E-state index >= 15 is 0 Å². The lowest BCUT2D eigenvalue weighted by Gasteiger charge is -2.22. The number of benzene rings is 2. The highest BCUT2D eigenvalue weighted by Gasteiger charge is 2.26. The van der Waals surface area contributed by atoms with Gasteiger partial charge in [-0.15, -0.1) is 0 Å². The smallest absolute Gasteiger partial charge is 0.337 e. The number of carboxylic acids is 1. The molecule has 7 heteroatoms. The summed E-state index contributed by atoms with van der Waals surface area (Å²) in [5, 5.41) is 17.5. The van der Waals surface area contributed by atoms with Gasteiger partial charge in [0.05, 0.1) is 27.8 Å². The topological polar surface area (TPSA) is 98.5 Å². The molecule has 136 valence electrons. The molecule has 1 N–H and O–H groups in total. The molecule has 0 atom stereocenters. The zero-order valence-electron chi connectivity index (χ0n) is 14.4. The average molecular weight is 372 g/mol. The summed E-state index contributed by atoms with van der Waals surface area (Å²) in [5.74, 6) is -1.09. The highest BCUT2D eigenvalue weighted by atomic mass is 32.2. The fourth-order valence-electron chi connectivity index (χ4n) is 2.77. The molecule has 0 aromatic heterocycles. The van der Waals surface area contributed by atoms with Crippen LogP contribution >= 0.6 is 0 Å². The van der Waals surface area contributed by atoms with Gasteiger partial charge in [-0.3, -0.25) is 0 Å². The summed E-state index contributed by atoms with van der Waals surface area (Å²) in [4.78, 5) is 13.2. The highest BCUT2D eigenvalue weighted by Crippen LogP contribution is 2.32. The van der Waals surface area contributed by atoms with E-state index < -0.39 is 15.8 Å². The third-order valence-electron chi connectivity index (χ3n) is 3.95. The minimum atomic E-state index is -3.43. The van der Waals surface area contributed by atoms with Crippen LogP contribution in [0.5, 0.6) is 0 Å². The van der Waals surface area contributed by atoms with E-state index in [1.165, 1.54) is 18.2 Å². The van der Waals surface area contributed by atoms with Gasteiger partial charge in [0.25, 0.3) is 0 Å². The zero-order valence-corrected chi connectivity index (χ0v) is 15.2. The molecule has 0 unspecified atom stereocenters. The molecule has 1 aliphatic rings. The van der Waals surface area contributed by atoms with E-state index in [9.17, 15) is 18.3 Å². The van der Waals surface area contributed by atoms with Gasteiger partial charge in [-0.05, 0) is 37.1 Å². The summed E-state index contributed by atoms with van der Waals surface area (Å²) in [5.41, 5.74) is 1.11. The summed E-state index contributed by atoms with van der Waals surface area (Å²) in [6.45, 7) is 1.40. The molecule has 0 amide bonds. The maximum atomic E-state index is 11.8. The maximum absolute atomic E-state index is 11.8. The van der Waals surface area contributed by atoms with Crippen LogP contribution in [0.25, 0.3) is 0 Å². The van der Waals surface area contributed by atoms with Crippen LogP contribution in [0.2, 0.25) is 0 Å². The number of nitrogens with zero attached hydrogens (tertiary/aromatic N) is 2. The van der Waals surface area contributed by atoms with Gasteiger partial charge in [-0.2, -0.15) is 5.26 Å². The quantitative estimate of drug-likeness (QED) is 0.889. The minimum Gasteiger partial charge on any atom is -0.478 e. The Kier molecular flexibility index (Phi) is 6.36. The van der Waals surface area contributed by atoms with Crippen molar-refractivity contribution < 1.29 is 18.3 Å². The highest BCUT2D eigenvalue weighted by molar-refractivity contribution is 7.90. The number of hydrogen-bond acceptors (Lipinski definition) is 5. The number of anilines is 1. The number of hydrogen-bond donors (Lipinski definition) is 1. The third kappa shape index (κ3) is 4.83. The van der Waals surface area contributed by atoms with Crippen LogP contribution in [0, 0.1) is 11.3 Å². The molecule has 0 bridgehead atoms. The molecule has 1 heterocycles. The van der Waals surface area contributed by atoms with Crippen molar-refractivity contribution in [3.05, 3.63) is 59.7 Å². The SMILES string of the molecule is CS(=O)(=O)c1cccc(C(=O)O)c1N1CCCC1.N#Cc1ccccc1. The van der Waals surface area contributed by atoms with E-state index in [0.717, 1.165) is 19.1 Å². The van der Waals surface area contributed by atoms with E-state index in [1.54, 1.807) is 12.1 Å². The molecule has 0 saturated carbocycles. The first-order chi connectivity index (χ1) is 12.3. The molecule has 1 fully saturated rings. The second kappa shape index (κ2) is 8.50. The second-order valence-electron chi connectivity index (χ2n) is 5.90. The first kappa shape index (κ1) is 19.5. The predicted molar refractivity (Wildman–Crippen MR) is 99.1 cm³/mol. The number of carbonyl (C=O) groups is 1. The van der Waals surface area contributed by atoms with Gasteiger partial charge in [0.15, 0.2) is 9.84 Å². The van der Waals surface area contributed by atoms with Crippen LogP contribution < -0.4 is 4.90 Å². The molecule has 1 saturated heterocycles. The van der Waals surface area contributed by atoms with E-state index in [0.29, 0.717) is 24.3 Å². The Labute approximate surface area is 153 Å². The predicted octanol–water partition coefficient (Wildman–Crippen LogP) is 2.95. The Hall–Kier alpha value is -2.85. The van der Waals surface area contributed by atoms with Crippen molar-refractivity contribution in [1.82, 2.24) is 0 Å². The van der Waals surface area contributed by atoms with Crippen molar-refractivity contribution >= 4 is 21.5 Å². The van der Waals surface area contributed by atoms with Crippen molar-refractivity contribution in [2.24, 2.45) is 0 Å². The fraction of sp³-hybridized carbons (Fsp3) is 0.263. The van der Waals surface area contributed by atoms with E-state index in [1.807, 2.05) is 29.2 Å². The van der Waals surface area contributed by atoms with Crippen LogP contribution in [0.3, 0.4) is 0 Å². The number of carboxylic acid groups (broad SMARTS) is 1. The van der Waals surface area contributed by atoms with Crippen LogP contribution in [0.1, 0.15) is 28.8 Å². The number of aromatic carboxylic acids is 1. The molecule has 3 rings (SSSR count). The Morgan fingerprint density at radius 1 is 1.08 bits per heavy atom. The second-order valence-corrected chi connectivity index (χ2v) is 7.89. The molecule has 1 aliphatic heterocycles. The summed E-state index contributed by atoms with van der Waals surface area (Å²) >= 11 is 0. The molecule has 2 aromatic rings. The summed E-state index contributed by atoms with van der Waals surface area (Å²) in [6, 6.07) is 15.6. The molecular formula is C19H20N2O4S. The van der Waals surface area contributed by atoms with Crippen LogP contribution in [0.15, 0.2) is 53.4 Å². The molecule has 0 aliphatic carbocycles. The number of para-hydroxylation sites is 1. The maximum Gasteiger partial charge on any atom is 0.337 e. The van der Waals surface area contributed by atoms with Crippen molar-refractivity contribution in [3.8, 4) is 6.07 Å². The molecule has 0 spiro atoms. The van der Waals surface area contributed by atoms with Gasteiger partial charge in [0.2, 0.25) is 0 Å². The largest absolute Gasteiger partial charge is 0.478 e. The zero-order chi connectivity index (χ0) is 19.2. The lowest BCUT2D eigenvalue weighted by atomic mass is 10.1. The Morgan fingerprint density at radius 3 is 2.15 bits per heavy atom. The molecule has 0 radical (unpaired) electrons. The van der Waals surface area contributed by atoms with Crippen LogP contribution in [0.4, 0.5) is 5.69 Å². The average Bonchev–Trinajstić information content (AvgIpc) is 3.16. The van der Waals surface area contributed by atoms with E-state index in [-0.39, 0.29) is 10.5 Å². The first-order valence-electron chi connectivity index (χ1n) is 8.11. The van der Waals surface area contributed by atoms with Gasteiger partial charge in [0, 0.05) is 19.3 Å². The monoisotopic (exact) mass is 372 g/mol. The number of nitriles is 1. The molecule has 6 nitrogen and oxygen atoms in total. The summed E-state index contributed by atoms with van der Waals surface area (Å²) in [7, 11) is -3.43. The van der Waals surface area contributed by atoms with E-state index in [4.69, 9.17) is 5.26 Å². The fourth-order valence-corrected chi connectivity index (χ4v) is 3.69. The van der Waals surface area contributed by atoms with E-state index in [2.05, 4.69) is 0 Å². The van der Waals surface area contributed by atoms with Crippen molar-refractivity contribution in [2.45, 2.75) is 17.7 Å². The Morgan fingerprint density at radius 2 is 1.69 bits per heavy atom. The molecule has 2 aromatic carbocycles. The summed E-state index contributed by atoms with van der Waals surface area (Å²) in [6.07, 6.45) is 3.02. The van der Waals surface area contributed by atoms with Crippen molar-refractivity contribution in [3.63, 3.8) is 0 Å². The van der Waals surface area contributed by atoms with Gasteiger partial charge in [0.1, 0.15) is 0 Å². The lowest BCUT2D eigenvalue weighted by Crippen LogP contribution is -2.23.